The lowest BCUT2D eigenvalue weighted by atomic mass is 10.2. The molecule has 1 aromatic carbocycles. The highest BCUT2D eigenvalue weighted by molar-refractivity contribution is 6.01. The van der Waals surface area contributed by atoms with Crippen LogP contribution < -0.4 is 15.4 Å². The van der Waals surface area contributed by atoms with Crippen molar-refractivity contribution in [3.05, 3.63) is 53.4 Å². The topological polar surface area (TPSA) is 121 Å². The van der Waals surface area contributed by atoms with E-state index < -0.39 is 11.7 Å². The van der Waals surface area contributed by atoms with E-state index in [0.717, 1.165) is 24.2 Å². The van der Waals surface area contributed by atoms with E-state index in [1.807, 2.05) is 13.0 Å². The van der Waals surface area contributed by atoms with E-state index in [1.165, 1.54) is 19.4 Å². The number of halogens is 1. The highest BCUT2D eigenvalue weighted by atomic mass is 19.1. The zero-order valence-electron chi connectivity index (χ0n) is 16.9. The summed E-state index contributed by atoms with van der Waals surface area (Å²) in [6.07, 6.45) is 3.51. The Morgan fingerprint density at radius 3 is 2.87 bits per heavy atom. The minimum atomic E-state index is -0.542. The van der Waals surface area contributed by atoms with Gasteiger partial charge in [-0.2, -0.15) is 5.10 Å². The van der Waals surface area contributed by atoms with E-state index in [1.54, 1.807) is 12.1 Å². The Bertz CT molecular complexity index is 1290. The van der Waals surface area contributed by atoms with Crippen LogP contribution in [-0.4, -0.2) is 38.1 Å². The molecule has 1 aliphatic rings. The molecule has 1 aliphatic carbocycles. The molecule has 0 unspecified atom stereocenters. The van der Waals surface area contributed by atoms with Gasteiger partial charge in [0.05, 0.1) is 0 Å². The predicted octanol–water partition coefficient (Wildman–Crippen LogP) is 3.90. The van der Waals surface area contributed by atoms with Crippen LogP contribution in [0.5, 0.6) is 11.6 Å². The van der Waals surface area contributed by atoms with Crippen molar-refractivity contribution in [3.8, 4) is 11.6 Å². The molecule has 3 aromatic heterocycles. The first-order valence-corrected chi connectivity index (χ1v) is 9.88. The Morgan fingerprint density at radius 2 is 2.10 bits per heavy atom. The number of aromatic nitrogens is 5. The van der Waals surface area contributed by atoms with E-state index in [4.69, 9.17) is 4.74 Å². The normalized spacial score (nSPS) is 13.4. The Labute approximate surface area is 176 Å². The largest absolute Gasteiger partial charge is 0.435 e. The summed E-state index contributed by atoms with van der Waals surface area (Å²) < 4.78 is 20.7. The number of aromatic amines is 2. The number of hydrogen-bond donors (Lipinski definition) is 4. The fourth-order valence-corrected chi connectivity index (χ4v) is 3.47. The van der Waals surface area contributed by atoms with Gasteiger partial charge < -0.3 is 20.4 Å². The standard InChI is InChI=1S/C21H20FN7O2/c1-10-7-12-13(26-10)5-6-15(18(12)22)31-21-17(20(30)23-2)19(24-9-25-21)27-16-8-14(28-29-16)11-3-4-11/h5-9,11,26H,3-4H2,1-2H3,(H,23,30)(H2,24,25,27,28,29). The zero-order chi connectivity index (χ0) is 21.5. The van der Waals surface area contributed by atoms with Gasteiger partial charge in [-0.05, 0) is 38.0 Å². The number of H-pyrrole nitrogens is 2. The van der Waals surface area contributed by atoms with Crippen LogP contribution >= 0.6 is 0 Å². The molecule has 0 atom stereocenters. The molecule has 0 aliphatic heterocycles. The van der Waals surface area contributed by atoms with Crippen molar-refractivity contribution >= 4 is 28.4 Å². The molecule has 4 aromatic rings. The lowest BCUT2D eigenvalue weighted by molar-refractivity contribution is 0.0960. The lowest BCUT2D eigenvalue weighted by Gasteiger charge is -2.13. The third-order valence-corrected chi connectivity index (χ3v) is 5.17. The minimum absolute atomic E-state index is 0.0444. The van der Waals surface area contributed by atoms with Gasteiger partial charge in [-0.3, -0.25) is 9.89 Å². The summed E-state index contributed by atoms with van der Waals surface area (Å²) in [5.41, 5.74) is 2.57. The van der Waals surface area contributed by atoms with Gasteiger partial charge >= 0.3 is 0 Å². The number of fused-ring (bicyclic) bond motifs is 1. The number of nitrogens with zero attached hydrogens (tertiary/aromatic N) is 3. The zero-order valence-corrected chi connectivity index (χ0v) is 16.9. The van der Waals surface area contributed by atoms with Crippen molar-refractivity contribution in [2.24, 2.45) is 0 Å². The fraction of sp³-hybridized carbons (Fsp3) is 0.238. The maximum Gasteiger partial charge on any atom is 0.260 e. The molecule has 1 amide bonds. The van der Waals surface area contributed by atoms with Gasteiger partial charge in [0.1, 0.15) is 11.9 Å². The summed E-state index contributed by atoms with van der Waals surface area (Å²) in [4.78, 5) is 23.9. The third-order valence-electron chi connectivity index (χ3n) is 5.17. The molecular formula is C21H20FN7O2. The van der Waals surface area contributed by atoms with E-state index in [0.29, 0.717) is 22.6 Å². The van der Waals surface area contributed by atoms with Crippen LogP contribution in [-0.2, 0) is 0 Å². The number of hydrogen-bond acceptors (Lipinski definition) is 6. The van der Waals surface area contributed by atoms with Gasteiger partial charge in [0.15, 0.2) is 23.2 Å². The Hall–Kier alpha value is -3.95. The van der Waals surface area contributed by atoms with Crippen LogP contribution in [0.2, 0.25) is 0 Å². The van der Waals surface area contributed by atoms with Crippen molar-refractivity contribution in [2.45, 2.75) is 25.7 Å². The van der Waals surface area contributed by atoms with Crippen LogP contribution in [0.3, 0.4) is 0 Å². The minimum Gasteiger partial charge on any atom is -0.435 e. The van der Waals surface area contributed by atoms with Crippen molar-refractivity contribution in [3.63, 3.8) is 0 Å². The molecule has 1 fully saturated rings. The summed E-state index contributed by atoms with van der Waals surface area (Å²) in [6.45, 7) is 1.84. The SMILES string of the molecule is CNC(=O)c1c(Nc2cc(C3CC3)[nH]n2)ncnc1Oc1ccc2[nH]c(C)cc2c1F. The van der Waals surface area contributed by atoms with Gasteiger partial charge in [-0.1, -0.05) is 0 Å². The maximum atomic E-state index is 15.0. The number of rotatable bonds is 6. The molecule has 4 N–H and O–H groups in total. The van der Waals surface area contributed by atoms with Crippen molar-refractivity contribution < 1.29 is 13.9 Å². The Balaban J connectivity index is 1.51. The van der Waals surface area contributed by atoms with Crippen LogP contribution in [0, 0.1) is 12.7 Å². The molecule has 0 saturated heterocycles. The van der Waals surface area contributed by atoms with Crippen LogP contribution in [0.4, 0.5) is 16.0 Å². The number of ether oxygens (including phenoxy) is 1. The Morgan fingerprint density at radius 1 is 1.26 bits per heavy atom. The molecule has 1 saturated carbocycles. The van der Waals surface area contributed by atoms with Gasteiger partial charge in [-0.15, -0.1) is 0 Å². The first kappa shape index (κ1) is 19.0. The summed E-state index contributed by atoms with van der Waals surface area (Å²) in [7, 11) is 1.48. The predicted molar refractivity (Wildman–Crippen MR) is 112 cm³/mol. The molecule has 31 heavy (non-hydrogen) atoms. The maximum absolute atomic E-state index is 15.0. The van der Waals surface area contributed by atoms with Crippen LogP contribution in [0.15, 0.2) is 30.6 Å². The highest BCUT2D eigenvalue weighted by Gasteiger charge is 2.26. The van der Waals surface area contributed by atoms with Crippen molar-refractivity contribution in [1.29, 1.82) is 0 Å². The number of aryl methyl sites for hydroxylation is 1. The molecular weight excluding hydrogens is 401 g/mol. The molecule has 5 rings (SSSR count). The second-order valence-corrected chi connectivity index (χ2v) is 7.48. The quantitative estimate of drug-likeness (QED) is 0.375. The first-order chi connectivity index (χ1) is 15.0. The van der Waals surface area contributed by atoms with Crippen molar-refractivity contribution in [1.82, 2.24) is 30.5 Å². The summed E-state index contributed by atoms with van der Waals surface area (Å²) in [5.74, 6) is 0.0941. The average molecular weight is 421 g/mol. The highest BCUT2D eigenvalue weighted by Crippen LogP contribution is 2.40. The van der Waals surface area contributed by atoms with Gasteiger partial charge in [0.2, 0.25) is 5.88 Å². The van der Waals surface area contributed by atoms with E-state index in [-0.39, 0.29) is 23.0 Å². The third kappa shape index (κ3) is 3.56. The second kappa shape index (κ2) is 7.38. The second-order valence-electron chi connectivity index (χ2n) is 7.48. The number of nitrogens with one attached hydrogen (secondary N) is 4. The molecule has 10 heteroatoms. The number of benzene rings is 1. The molecule has 0 radical (unpaired) electrons. The van der Waals surface area contributed by atoms with Crippen molar-refractivity contribution in [2.75, 3.05) is 12.4 Å². The van der Waals surface area contributed by atoms with Gasteiger partial charge in [0, 0.05) is 41.3 Å². The summed E-state index contributed by atoms with van der Waals surface area (Å²) in [6, 6.07) is 6.78. The van der Waals surface area contributed by atoms with Crippen LogP contribution in [0.25, 0.3) is 10.9 Å². The summed E-state index contributed by atoms with van der Waals surface area (Å²) in [5, 5.41) is 13.2. The Kier molecular flexibility index (Phi) is 4.54. The first-order valence-electron chi connectivity index (χ1n) is 9.88. The molecule has 0 spiro atoms. The number of anilines is 2. The number of amides is 1. The van der Waals surface area contributed by atoms with E-state index in [2.05, 4.69) is 35.8 Å². The summed E-state index contributed by atoms with van der Waals surface area (Å²) >= 11 is 0. The smallest absolute Gasteiger partial charge is 0.260 e. The molecule has 158 valence electrons. The van der Waals surface area contributed by atoms with E-state index in [9.17, 15) is 9.18 Å². The average Bonchev–Trinajstić information content (AvgIpc) is 3.39. The fourth-order valence-electron chi connectivity index (χ4n) is 3.47. The number of carbonyl (C=O) groups is 1. The van der Waals surface area contributed by atoms with E-state index >= 15 is 0 Å². The van der Waals surface area contributed by atoms with Crippen LogP contribution in [0.1, 0.15) is 40.5 Å². The monoisotopic (exact) mass is 421 g/mol. The molecule has 3 heterocycles. The lowest BCUT2D eigenvalue weighted by Crippen LogP contribution is -2.21. The molecule has 0 bridgehead atoms. The molecule has 9 nitrogen and oxygen atoms in total. The van der Waals surface area contributed by atoms with Gasteiger partial charge in [-0.25, -0.2) is 14.4 Å². The van der Waals surface area contributed by atoms with Gasteiger partial charge in [0.25, 0.3) is 5.91 Å². The number of carbonyl (C=O) groups excluding carboxylic acids is 1.